The van der Waals surface area contributed by atoms with Gasteiger partial charge < -0.3 is 24.3 Å². The minimum absolute atomic E-state index is 0.356. The number of rotatable bonds is 9. The second-order valence-corrected chi connectivity index (χ2v) is 6.73. The summed E-state index contributed by atoms with van der Waals surface area (Å²) in [5.41, 5.74) is 1.37. The van der Waals surface area contributed by atoms with Crippen molar-refractivity contribution in [3.05, 3.63) is 65.7 Å². The van der Waals surface area contributed by atoms with Crippen molar-refractivity contribution in [2.75, 3.05) is 34.5 Å². The highest BCUT2D eigenvalue weighted by Gasteiger charge is 2.15. The zero-order chi connectivity index (χ0) is 22.2. The zero-order valence-corrected chi connectivity index (χ0v) is 17.8. The van der Waals surface area contributed by atoms with Gasteiger partial charge in [0.15, 0.2) is 18.1 Å². The first-order valence-electron chi connectivity index (χ1n) is 9.77. The number of methoxy groups -OCH3 is 3. The number of hydrogen-bond acceptors (Lipinski definition) is 6. The van der Waals surface area contributed by atoms with E-state index < -0.39 is 5.97 Å². The Bertz CT molecular complexity index is 1080. The fourth-order valence-corrected chi connectivity index (χ4v) is 3.27. The van der Waals surface area contributed by atoms with Gasteiger partial charge in [-0.1, -0.05) is 30.3 Å². The molecule has 1 amide bonds. The molecule has 0 saturated heterocycles. The Hall–Kier alpha value is -3.74. The SMILES string of the molecule is COc1ccc(CCNC(=O)COC(=O)c2ccc(OC)c3ccccc23)cc1OC. The number of benzene rings is 3. The lowest BCUT2D eigenvalue weighted by atomic mass is 10.0. The monoisotopic (exact) mass is 423 g/mol. The Morgan fingerprint density at radius 2 is 1.48 bits per heavy atom. The van der Waals surface area contributed by atoms with E-state index in [4.69, 9.17) is 18.9 Å². The molecule has 3 aromatic carbocycles. The third kappa shape index (κ3) is 5.25. The van der Waals surface area contributed by atoms with Crippen molar-refractivity contribution in [2.24, 2.45) is 0 Å². The van der Waals surface area contributed by atoms with Crippen molar-refractivity contribution in [2.45, 2.75) is 6.42 Å². The minimum Gasteiger partial charge on any atom is -0.496 e. The molecule has 31 heavy (non-hydrogen) atoms. The van der Waals surface area contributed by atoms with Gasteiger partial charge in [-0.05, 0) is 41.6 Å². The Morgan fingerprint density at radius 1 is 0.806 bits per heavy atom. The lowest BCUT2D eigenvalue weighted by Crippen LogP contribution is -2.30. The first-order chi connectivity index (χ1) is 15.1. The number of esters is 1. The topological polar surface area (TPSA) is 83.1 Å². The van der Waals surface area contributed by atoms with E-state index >= 15 is 0 Å². The number of ether oxygens (including phenoxy) is 4. The third-order valence-electron chi connectivity index (χ3n) is 4.84. The van der Waals surface area contributed by atoms with E-state index in [9.17, 15) is 9.59 Å². The maximum Gasteiger partial charge on any atom is 0.339 e. The molecular weight excluding hydrogens is 398 g/mol. The third-order valence-corrected chi connectivity index (χ3v) is 4.84. The molecule has 0 bridgehead atoms. The van der Waals surface area contributed by atoms with E-state index in [0.717, 1.165) is 10.9 Å². The van der Waals surface area contributed by atoms with Gasteiger partial charge in [0.1, 0.15) is 5.75 Å². The van der Waals surface area contributed by atoms with Crippen LogP contribution in [0.1, 0.15) is 15.9 Å². The Labute approximate surface area is 180 Å². The average molecular weight is 423 g/mol. The molecule has 1 N–H and O–H groups in total. The molecule has 3 aromatic rings. The van der Waals surface area contributed by atoms with Gasteiger partial charge in [-0.25, -0.2) is 4.79 Å². The van der Waals surface area contributed by atoms with Gasteiger partial charge in [0.25, 0.3) is 5.91 Å². The summed E-state index contributed by atoms with van der Waals surface area (Å²) in [4.78, 5) is 24.6. The maximum absolute atomic E-state index is 12.5. The highest BCUT2D eigenvalue weighted by atomic mass is 16.5. The molecule has 0 spiro atoms. The van der Waals surface area contributed by atoms with Crippen molar-refractivity contribution in [1.29, 1.82) is 0 Å². The van der Waals surface area contributed by atoms with Crippen LogP contribution in [0, 0.1) is 0 Å². The molecule has 0 atom stereocenters. The predicted molar refractivity (Wildman–Crippen MR) is 117 cm³/mol. The summed E-state index contributed by atoms with van der Waals surface area (Å²) in [7, 11) is 4.73. The molecule has 0 aliphatic rings. The molecule has 7 nitrogen and oxygen atoms in total. The summed E-state index contributed by atoms with van der Waals surface area (Å²) in [5, 5.41) is 4.26. The number of hydrogen-bond donors (Lipinski definition) is 1. The summed E-state index contributed by atoms with van der Waals surface area (Å²) in [6.07, 6.45) is 0.600. The van der Waals surface area contributed by atoms with Crippen LogP contribution in [0.3, 0.4) is 0 Å². The largest absolute Gasteiger partial charge is 0.496 e. The van der Waals surface area contributed by atoms with Crippen molar-refractivity contribution >= 4 is 22.6 Å². The lowest BCUT2D eigenvalue weighted by molar-refractivity contribution is -0.124. The van der Waals surface area contributed by atoms with Gasteiger partial charge in [0.2, 0.25) is 0 Å². The van der Waals surface area contributed by atoms with Crippen molar-refractivity contribution < 1.29 is 28.5 Å². The summed E-state index contributed by atoms with van der Waals surface area (Å²) in [6.45, 7) is 0.0441. The van der Waals surface area contributed by atoms with E-state index in [1.807, 2.05) is 42.5 Å². The van der Waals surface area contributed by atoms with E-state index in [1.54, 1.807) is 33.5 Å². The van der Waals surface area contributed by atoms with Gasteiger partial charge in [0.05, 0.1) is 26.9 Å². The fraction of sp³-hybridized carbons (Fsp3) is 0.250. The van der Waals surface area contributed by atoms with E-state index in [0.29, 0.717) is 41.2 Å². The molecule has 3 rings (SSSR count). The molecule has 0 fully saturated rings. The van der Waals surface area contributed by atoms with Crippen molar-refractivity contribution in [3.8, 4) is 17.2 Å². The second-order valence-electron chi connectivity index (χ2n) is 6.73. The van der Waals surface area contributed by atoms with E-state index in [1.165, 1.54) is 0 Å². The first kappa shape index (κ1) is 22.0. The normalized spacial score (nSPS) is 10.4. The molecule has 0 heterocycles. The van der Waals surface area contributed by atoms with Gasteiger partial charge in [-0.3, -0.25) is 4.79 Å². The average Bonchev–Trinajstić information content (AvgIpc) is 2.81. The Kier molecular flexibility index (Phi) is 7.32. The molecular formula is C24H25NO6. The number of carbonyl (C=O) groups is 2. The second kappa shape index (κ2) is 10.3. The summed E-state index contributed by atoms with van der Waals surface area (Å²) < 4.78 is 21.0. The van der Waals surface area contributed by atoms with Crippen LogP contribution < -0.4 is 19.5 Å². The van der Waals surface area contributed by atoms with Gasteiger partial charge in [-0.2, -0.15) is 0 Å². The minimum atomic E-state index is -0.561. The highest BCUT2D eigenvalue weighted by molar-refractivity contribution is 6.06. The molecule has 0 unspecified atom stereocenters. The first-order valence-corrected chi connectivity index (χ1v) is 9.77. The number of amides is 1. The van der Waals surface area contributed by atoms with Crippen LogP contribution in [0.25, 0.3) is 10.8 Å². The molecule has 0 aliphatic carbocycles. The highest BCUT2D eigenvalue weighted by Crippen LogP contribution is 2.29. The number of carbonyl (C=O) groups excluding carboxylic acids is 2. The fourth-order valence-electron chi connectivity index (χ4n) is 3.27. The van der Waals surface area contributed by atoms with Crippen LogP contribution in [-0.4, -0.2) is 46.4 Å². The predicted octanol–water partition coefficient (Wildman–Crippen LogP) is 3.38. The molecule has 7 heteroatoms. The molecule has 0 aliphatic heterocycles. The van der Waals surface area contributed by atoms with E-state index in [2.05, 4.69) is 5.32 Å². The summed E-state index contributed by atoms with van der Waals surface area (Å²) in [6, 6.07) is 16.3. The summed E-state index contributed by atoms with van der Waals surface area (Å²) >= 11 is 0. The molecule has 162 valence electrons. The number of nitrogens with one attached hydrogen (secondary N) is 1. The maximum atomic E-state index is 12.5. The van der Waals surface area contributed by atoms with Crippen LogP contribution >= 0.6 is 0 Å². The van der Waals surface area contributed by atoms with E-state index in [-0.39, 0.29) is 12.5 Å². The van der Waals surface area contributed by atoms with Crippen molar-refractivity contribution in [3.63, 3.8) is 0 Å². The van der Waals surface area contributed by atoms with Gasteiger partial charge >= 0.3 is 5.97 Å². The van der Waals surface area contributed by atoms with Crippen LogP contribution in [0.5, 0.6) is 17.2 Å². The van der Waals surface area contributed by atoms with Gasteiger partial charge in [-0.15, -0.1) is 0 Å². The number of fused-ring (bicyclic) bond motifs is 1. The smallest absolute Gasteiger partial charge is 0.339 e. The van der Waals surface area contributed by atoms with Crippen molar-refractivity contribution in [1.82, 2.24) is 5.32 Å². The quantitative estimate of drug-likeness (QED) is 0.532. The van der Waals surface area contributed by atoms with Gasteiger partial charge in [0, 0.05) is 11.9 Å². The van der Waals surface area contributed by atoms with Crippen LogP contribution in [0.2, 0.25) is 0 Å². The Morgan fingerprint density at radius 3 is 2.19 bits per heavy atom. The summed E-state index contributed by atoms with van der Waals surface area (Å²) in [5.74, 6) is 1.01. The Balaban J connectivity index is 1.53. The van der Waals surface area contributed by atoms with Crippen LogP contribution in [0.15, 0.2) is 54.6 Å². The zero-order valence-electron chi connectivity index (χ0n) is 17.8. The van der Waals surface area contributed by atoms with Crippen LogP contribution in [0.4, 0.5) is 0 Å². The van der Waals surface area contributed by atoms with Crippen LogP contribution in [-0.2, 0) is 16.0 Å². The standard InChI is InChI=1S/C24H25NO6/c1-28-20-11-9-19(17-6-4-5-7-18(17)20)24(27)31-15-23(26)25-13-12-16-8-10-21(29-2)22(14-16)30-3/h4-11,14H,12-13,15H2,1-3H3,(H,25,26). The molecule has 0 saturated carbocycles. The molecule has 0 aromatic heterocycles. The lowest BCUT2D eigenvalue weighted by Gasteiger charge is -2.11. The molecule has 0 radical (unpaired) electrons.